The van der Waals surface area contributed by atoms with Crippen LogP contribution in [0.15, 0.2) is 24.3 Å². The van der Waals surface area contributed by atoms with E-state index < -0.39 is 12.3 Å². The van der Waals surface area contributed by atoms with E-state index in [1.165, 1.54) is 24.3 Å². The molecule has 0 aliphatic heterocycles. The van der Waals surface area contributed by atoms with Crippen molar-refractivity contribution in [1.29, 1.82) is 0 Å². The Balaban J connectivity index is 2.93. The smallest absolute Gasteiger partial charge is 0.392 e. The molecule has 1 aromatic carbocycles. The van der Waals surface area contributed by atoms with Crippen LogP contribution in [0.5, 0.6) is 0 Å². The SMILES string of the molecule is [CH]OC(c1ccc(CO)cc1)C(F)(F)F. The van der Waals surface area contributed by atoms with Crippen LogP contribution in [0.4, 0.5) is 13.2 Å². The van der Waals surface area contributed by atoms with E-state index in [1.54, 1.807) is 0 Å². The van der Waals surface area contributed by atoms with Crippen LogP contribution in [-0.2, 0) is 11.3 Å². The Labute approximate surface area is 85.3 Å². The number of aliphatic hydroxyl groups excluding tert-OH is 1. The van der Waals surface area contributed by atoms with Gasteiger partial charge < -0.3 is 9.84 Å². The Morgan fingerprint density at radius 1 is 1.27 bits per heavy atom. The van der Waals surface area contributed by atoms with Gasteiger partial charge in [0.2, 0.25) is 0 Å². The maximum absolute atomic E-state index is 12.3. The van der Waals surface area contributed by atoms with Crippen LogP contribution in [-0.4, -0.2) is 11.3 Å². The number of hydrogen-bond donors (Lipinski definition) is 1. The van der Waals surface area contributed by atoms with Crippen molar-refractivity contribution in [3.05, 3.63) is 42.5 Å². The van der Waals surface area contributed by atoms with Crippen LogP contribution in [0.1, 0.15) is 17.2 Å². The van der Waals surface area contributed by atoms with Crippen molar-refractivity contribution < 1.29 is 23.0 Å². The van der Waals surface area contributed by atoms with Crippen LogP contribution < -0.4 is 0 Å². The minimum Gasteiger partial charge on any atom is -0.392 e. The Bertz CT molecular complexity index is 305. The zero-order valence-corrected chi connectivity index (χ0v) is 7.66. The summed E-state index contributed by atoms with van der Waals surface area (Å²) >= 11 is 0. The summed E-state index contributed by atoms with van der Waals surface area (Å²) in [6, 6.07) is 5.20. The van der Waals surface area contributed by atoms with Crippen LogP contribution in [0.25, 0.3) is 0 Å². The minimum absolute atomic E-state index is 0.0952. The molecule has 2 radical (unpaired) electrons. The third-order valence-electron chi connectivity index (χ3n) is 1.90. The lowest BCUT2D eigenvalue weighted by atomic mass is 10.1. The van der Waals surface area contributed by atoms with Gasteiger partial charge in [0.25, 0.3) is 0 Å². The number of ether oxygens (including phenoxy) is 1. The lowest BCUT2D eigenvalue weighted by Gasteiger charge is -2.18. The van der Waals surface area contributed by atoms with Crippen LogP contribution in [0.3, 0.4) is 0 Å². The number of aliphatic hydroxyl groups is 1. The molecule has 0 aromatic heterocycles. The van der Waals surface area contributed by atoms with Gasteiger partial charge >= 0.3 is 6.18 Å². The van der Waals surface area contributed by atoms with Crippen molar-refractivity contribution in [3.8, 4) is 0 Å². The molecule has 0 saturated heterocycles. The molecule has 0 spiro atoms. The molecule has 1 N–H and O–H groups in total. The first kappa shape index (κ1) is 12.0. The lowest BCUT2D eigenvalue weighted by Crippen LogP contribution is -2.21. The molecule has 0 aliphatic rings. The molecule has 1 atom stereocenters. The second kappa shape index (κ2) is 4.63. The molecule has 0 bridgehead atoms. The van der Waals surface area contributed by atoms with Gasteiger partial charge in [-0.2, -0.15) is 13.2 Å². The summed E-state index contributed by atoms with van der Waals surface area (Å²) in [7, 11) is 4.59. The first-order chi connectivity index (χ1) is 6.99. The first-order valence-electron chi connectivity index (χ1n) is 4.11. The van der Waals surface area contributed by atoms with Crippen molar-refractivity contribution in [3.63, 3.8) is 0 Å². The minimum atomic E-state index is -4.55. The van der Waals surface area contributed by atoms with Crippen LogP contribution >= 0.6 is 0 Å². The number of alkyl halides is 3. The van der Waals surface area contributed by atoms with Crippen molar-refractivity contribution in [2.75, 3.05) is 0 Å². The molecule has 1 aromatic rings. The van der Waals surface area contributed by atoms with Gasteiger partial charge in [0.05, 0.1) is 6.61 Å². The van der Waals surface area contributed by atoms with E-state index in [2.05, 4.69) is 11.8 Å². The van der Waals surface area contributed by atoms with E-state index >= 15 is 0 Å². The highest BCUT2D eigenvalue weighted by Crippen LogP contribution is 2.35. The number of hydrogen-bond acceptors (Lipinski definition) is 2. The summed E-state index contributed by atoms with van der Waals surface area (Å²) in [4.78, 5) is 0. The van der Waals surface area contributed by atoms with Gasteiger partial charge in [-0.15, -0.1) is 0 Å². The first-order valence-corrected chi connectivity index (χ1v) is 4.11. The molecule has 1 unspecified atom stereocenters. The second-order valence-corrected chi connectivity index (χ2v) is 2.96. The normalized spacial score (nSPS) is 13.9. The monoisotopic (exact) mass is 218 g/mol. The van der Waals surface area contributed by atoms with Gasteiger partial charge in [-0.25, -0.2) is 0 Å². The maximum Gasteiger partial charge on any atom is 0.418 e. The Kier molecular flexibility index (Phi) is 3.71. The van der Waals surface area contributed by atoms with E-state index in [0.717, 1.165) is 0 Å². The van der Waals surface area contributed by atoms with Crippen molar-refractivity contribution in [2.45, 2.75) is 18.9 Å². The molecule has 0 fully saturated rings. The highest BCUT2D eigenvalue weighted by molar-refractivity contribution is 5.24. The van der Waals surface area contributed by atoms with Crippen molar-refractivity contribution >= 4 is 0 Å². The van der Waals surface area contributed by atoms with Gasteiger partial charge in [-0.3, -0.25) is 0 Å². The zero-order valence-electron chi connectivity index (χ0n) is 7.66. The summed E-state index contributed by atoms with van der Waals surface area (Å²) in [5.41, 5.74) is 0.430. The summed E-state index contributed by atoms with van der Waals surface area (Å²) in [6.07, 6.45) is -6.68. The van der Waals surface area contributed by atoms with Crippen molar-refractivity contribution in [1.82, 2.24) is 0 Å². The van der Waals surface area contributed by atoms with Gasteiger partial charge in [0, 0.05) is 0 Å². The molecule has 1 rings (SSSR count). The second-order valence-electron chi connectivity index (χ2n) is 2.96. The fourth-order valence-corrected chi connectivity index (χ4v) is 1.14. The topological polar surface area (TPSA) is 29.5 Å². The largest absolute Gasteiger partial charge is 0.418 e. The molecule has 0 amide bonds. The van der Waals surface area contributed by atoms with Crippen molar-refractivity contribution in [2.24, 2.45) is 0 Å². The summed E-state index contributed by atoms with van der Waals surface area (Å²) in [5, 5.41) is 8.71. The summed E-state index contributed by atoms with van der Waals surface area (Å²) in [6.45, 7) is -0.222. The molecule has 82 valence electrons. The van der Waals surface area contributed by atoms with E-state index in [1.807, 2.05) is 0 Å². The van der Waals surface area contributed by atoms with Gasteiger partial charge in [0.15, 0.2) is 6.10 Å². The molecule has 2 nitrogen and oxygen atoms in total. The summed E-state index contributed by atoms with van der Waals surface area (Å²) < 4.78 is 40.9. The molecular weight excluding hydrogens is 209 g/mol. The lowest BCUT2D eigenvalue weighted by molar-refractivity contribution is -0.209. The highest BCUT2D eigenvalue weighted by atomic mass is 19.4. The average molecular weight is 218 g/mol. The quantitative estimate of drug-likeness (QED) is 0.844. The summed E-state index contributed by atoms with van der Waals surface area (Å²) in [5.74, 6) is 0. The van der Waals surface area contributed by atoms with Gasteiger partial charge in [-0.05, 0) is 11.1 Å². The molecule has 0 aliphatic carbocycles. The zero-order chi connectivity index (χ0) is 11.5. The number of halogens is 3. The predicted molar refractivity (Wildman–Crippen MR) is 46.5 cm³/mol. The maximum atomic E-state index is 12.3. The van der Waals surface area contributed by atoms with E-state index in [-0.39, 0.29) is 12.2 Å². The fourth-order valence-electron chi connectivity index (χ4n) is 1.14. The van der Waals surface area contributed by atoms with Crippen LogP contribution in [0.2, 0.25) is 0 Å². The molecule has 5 heteroatoms. The standard InChI is InChI=1S/C10H9F3O2/c1-15-9(10(11,12)13)8-4-2-7(6-14)3-5-8/h1-5,9,14H,6H2. The molecule has 0 heterocycles. The Hall–Kier alpha value is -1.07. The fraction of sp³-hybridized carbons (Fsp3) is 0.300. The van der Waals surface area contributed by atoms with E-state index in [0.29, 0.717) is 5.56 Å². The average Bonchev–Trinajstić information content (AvgIpc) is 2.18. The van der Waals surface area contributed by atoms with E-state index in [9.17, 15) is 13.2 Å². The van der Waals surface area contributed by atoms with Gasteiger partial charge in [-0.1, -0.05) is 24.3 Å². The Morgan fingerprint density at radius 3 is 2.13 bits per heavy atom. The highest BCUT2D eigenvalue weighted by Gasteiger charge is 2.41. The molecule has 0 saturated carbocycles. The Morgan fingerprint density at radius 2 is 1.80 bits per heavy atom. The van der Waals surface area contributed by atoms with E-state index in [4.69, 9.17) is 5.11 Å². The number of rotatable bonds is 3. The molecule has 15 heavy (non-hydrogen) atoms. The molecular formula is C10H9F3O2. The van der Waals surface area contributed by atoms with Gasteiger partial charge in [0.1, 0.15) is 7.11 Å². The third-order valence-corrected chi connectivity index (χ3v) is 1.90. The van der Waals surface area contributed by atoms with Crippen LogP contribution in [0, 0.1) is 7.11 Å². The third kappa shape index (κ3) is 2.94. The number of benzene rings is 1. The predicted octanol–water partition coefficient (Wildman–Crippen LogP) is 2.47.